The topological polar surface area (TPSA) is 90.9 Å². The van der Waals surface area contributed by atoms with E-state index >= 15 is 0 Å². The molecule has 3 aromatic rings. The first-order valence-electron chi connectivity index (χ1n) is 5.84. The number of phenols is 3. The predicted octanol–water partition coefficient (Wildman–Crippen LogP) is 2.58. The Kier molecular flexibility index (Phi) is 2.61. The van der Waals surface area contributed by atoms with Crippen LogP contribution in [0.3, 0.4) is 0 Å². The van der Waals surface area contributed by atoms with E-state index in [0.29, 0.717) is 16.5 Å². The maximum atomic E-state index is 11.6. The Labute approximate surface area is 113 Å². The molecule has 0 saturated carbocycles. The Bertz CT molecular complexity index is 847. The lowest BCUT2D eigenvalue weighted by Crippen LogP contribution is -1.98. The molecule has 0 spiro atoms. The number of phenolic OH excluding ortho intramolecular Hbond substituents is 3. The van der Waals surface area contributed by atoms with Crippen molar-refractivity contribution in [3.05, 3.63) is 52.9 Å². The van der Waals surface area contributed by atoms with Gasteiger partial charge in [-0.05, 0) is 35.4 Å². The SMILES string of the molecule is O=c1cc(-c2ccc(O)cc2)c2ccc(O)c(O)c2o1. The zero-order valence-corrected chi connectivity index (χ0v) is 10.2. The van der Waals surface area contributed by atoms with Crippen molar-refractivity contribution in [2.75, 3.05) is 0 Å². The van der Waals surface area contributed by atoms with Crippen LogP contribution in [0.15, 0.2) is 51.7 Å². The van der Waals surface area contributed by atoms with E-state index in [1.54, 1.807) is 18.2 Å². The Hall–Kier alpha value is -2.95. The second kappa shape index (κ2) is 4.31. The number of hydrogen-bond acceptors (Lipinski definition) is 5. The van der Waals surface area contributed by atoms with Gasteiger partial charge >= 0.3 is 5.63 Å². The Morgan fingerprint density at radius 3 is 2.30 bits per heavy atom. The van der Waals surface area contributed by atoms with Crippen molar-refractivity contribution in [1.82, 2.24) is 0 Å². The molecule has 0 radical (unpaired) electrons. The molecule has 3 rings (SSSR count). The molecule has 20 heavy (non-hydrogen) atoms. The van der Waals surface area contributed by atoms with Gasteiger partial charge in [-0.1, -0.05) is 12.1 Å². The quantitative estimate of drug-likeness (QED) is 0.467. The van der Waals surface area contributed by atoms with Crippen LogP contribution in [-0.2, 0) is 0 Å². The number of rotatable bonds is 1. The van der Waals surface area contributed by atoms with Crippen LogP contribution >= 0.6 is 0 Å². The van der Waals surface area contributed by atoms with Gasteiger partial charge in [-0.15, -0.1) is 0 Å². The largest absolute Gasteiger partial charge is 0.508 e. The second-order valence-corrected chi connectivity index (χ2v) is 4.34. The van der Waals surface area contributed by atoms with E-state index in [4.69, 9.17) is 4.42 Å². The average molecular weight is 270 g/mol. The van der Waals surface area contributed by atoms with Crippen LogP contribution in [0.1, 0.15) is 0 Å². The van der Waals surface area contributed by atoms with E-state index < -0.39 is 11.4 Å². The monoisotopic (exact) mass is 270 g/mol. The Morgan fingerprint density at radius 2 is 1.60 bits per heavy atom. The fourth-order valence-electron chi connectivity index (χ4n) is 2.08. The van der Waals surface area contributed by atoms with Crippen molar-refractivity contribution in [1.29, 1.82) is 0 Å². The molecule has 1 heterocycles. The molecule has 0 aliphatic carbocycles. The van der Waals surface area contributed by atoms with Gasteiger partial charge in [0.2, 0.25) is 5.75 Å². The van der Waals surface area contributed by atoms with Crippen LogP contribution in [-0.4, -0.2) is 15.3 Å². The first kappa shape index (κ1) is 12.1. The summed E-state index contributed by atoms with van der Waals surface area (Å²) in [7, 11) is 0. The van der Waals surface area contributed by atoms with Crippen molar-refractivity contribution >= 4 is 11.0 Å². The lowest BCUT2D eigenvalue weighted by atomic mass is 10.0. The maximum Gasteiger partial charge on any atom is 0.336 e. The van der Waals surface area contributed by atoms with E-state index in [9.17, 15) is 20.1 Å². The average Bonchev–Trinajstić information content (AvgIpc) is 2.43. The Balaban J connectivity index is 2.38. The highest BCUT2D eigenvalue weighted by Gasteiger charge is 2.13. The van der Waals surface area contributed by atoms with Crippen molar-refractivity contribution in [3.63, 3.8) is 0 Å². The third kappa shape index (κ3) is 1.85. The molecule has 5 nitrogen and oxygen atoms in total. The lowest BCUT2D eigenvalue weighted by molar-refractivity contribution is 0.397. The first-order chi connectivity index (χ1) is 9.56. The molecule has 100 valence electrons. The van der Waals surface area contributed by atoms with Crippen molar-refractivity contribution in [3.8, 4) is 28.4 Å². The smallest absolute Gasteiger partial charge is 0.336 e. The summed E-state index contributed by atoms with van der Waals surface area (Å²) < 4.78 is 4.94. The van der Waals surface area contributed by atoms with Crippen LogP contribution in [0, 0.1) is 0 Å². The fourth-order valence-corrected chi connectivity index (χ4v) is 2.08. The predicted molar refractivity (Wildman–Crippen MR) is 72.9 cm³/mol. The molecule has 0 bridgehead atoms. The summed E-state index contributed by atoms with van der Waals surface area (Å²) in [5.74, 6) is -0.717. The molecule has 0 saturated heterocycles. The molecular formula is C15H10O5. The molecule has 0 atom stereocenters. The molecule has 0 fully saturated rings. The molecular weight excluding hydrogens is 260 g/mol. The molecule has 0 aliphatic heterocycles. The minimum absolute atomic E-state index is 0.0689. The zero-order valence-electron chi connectivity index (χ0n) is 10.2. The molecule has 0 amide bonds. The molecule has 5 heteroatoms. The second-order valence-electron chi connectivity index (χ2n) is 4.34. The van der Waals surface area contributed by atoms with Crippen molar-refractivity contribution < 1.29 is 19.7 Å². The van der Waals surface area contributed by atoms with Crippen LogP contribution in [0.2, 0.25) is 0 Å². The van der Waals surface area contributed by atoms with E-state index in [0.717, 1.165) is 0 Å². The van der Waals surface area contributed by atoms with Gasteiger partial charge in [-0.3, -0.25) is 0 Å². The third-order valence-corrected chi connectivity index (χ3v) is 3.04. The number of benzene rings is 2. The van der Waals surface area contributed by atoms with Crippen molar-refractivity contribution in [2.45, 2.75) is 0 Å². The van der Waals surface area contributed by atoms with Gasteiger partial charge < -0.3 is 19.7 Å². The number of hydrogen-bond donors (Lipinski definition) is 3. The number of fused-ring (bicyclic) bond motifs is 1. The maximum absolute atomic E-state index is 11.6. The van der Waals surface area contributed by atoms with E-state index in [1.807, 2.05) is 0 Å². The Morgan fingerprint density at radius 1 is 0.900 bits per heavy atom. The van der Waals surface area contributed by atoms with Gasteiger partial charge in [0.25, 0.3) is 0 Å². The van der Waals surface area contributed by atoms with Gasteiger partial charge in [0.05, 0.1) is 0 Å². The summed E-state index contributed by atoms with van der Waals surface area (Å²) in [4.78, 5) is 11.6. The van der Waals surface area contributed by atoms with Crippen molar-refractivity contribution in [2.24, 2.45) is 0 Å². The summed E-state index contributed by atoms with van der Waals surface area (Å²) in [6, 6.07) is 10.5. The van der Waals surface area contributed by atoms with Crippen LogP contribution < -0.4 is 5.63 Å². The van der Waals surface area contributed by atoms with E-state index in [1.165, 1.54) is 24.3 Å². The molecule has 2 aromatic carbocycles. The molecule has 1 aromatic heterocycles. The standard InChI is InChI=1S/C15H10O5/c16-9-3-1-8(2-4-9)11-7-13(18)20-15-10(11)5-6-12(17)14(15)19/h1-7,16-17,19H. The molecule has 0 unspecified atom stereocenters. The number of aromatic hydroxyl groups is 3. The third-order valence-electron chi connectivity index (χ3n) is 3.04. The summed E-state index contributed by atoms with van der Waals surface area (Å²) in [6.07, 6.45) is 0. The minimum Gasteiger partial charge on any atom is -0.508 e. The van der Waals surface area contributed by atoms with E-state index in [2.05, 4.69) is 0 Å². The fraction of sp³-hybridized carbons (Fsp3) is 0. The first-order valence-corrected chi connectivity index (χ1v) is 5.84. The minimum atomic E-state index is -0.638. The lowest BCUT2D eigenvalue weighted by Gasteiger charge is -2.07. The normalized spacial score (nSPS) is 10.8. The van der Waals surface area contributed by atoms with Crippen LogP contribution in [0.5, 0.6) is 17.2 Å². The zero-order chi connectivity index (χ0) is 14.3. The molecule has 0 aliphatic rings. The van der Waals surface area contributed by atoms with Gasteiger partial charge in [0.1, 0.15) is 5.75 Å². The van der Waals surface area contributed by atoms with Crippen LogP contribution in [0.25, 0.3) is 22.1 Å². The highest BCUT2D eigenvalue weighted by atomic mass is 16.4. The van der Waals surface area contributed by atoms with E-state index in [-0.39, 0.29) is 17.1 Å². The van der Waals surface area contributed by atoms with Gasteiger partial charge in [0, 0.05) is 11.5 Å². The highest BCUT2D eigenvalue weighted by molar-refractivity contribution is 5.97. The summed E-state index contributed by atoms with van der Waals surface area (Å²) in [5, 5.41) is 29.0. The van der Waals surface area contributed by atoms with Crippen LogP contribution in [0.4, 0.5) is 0 Å². The van der Waals surface area contributed by atoms with Gasteiger partial charge in [0.15, 0.2) is 11.3 Å². The summed E-state index contributed by atoms with van der Waals surface area (Å²) >= 11 is 0. The van der Waals surface area contributed by atoms with Gasteiger partial charge in [-0.2, -0.15) is 0 Å². The molecule has 3 N–H and O–H groups in total. The summed E-state index contributed by atoms with van der Waals surface area (Å²) in [6.45, 7) is 0. The highest BCUT2D eigenvalue weighted by Crippen LogP contribution is 2.37. The van der Waals surface area contributed by atoms with Gasteiger partial charge in [-0.25, -0.2) is 4.79 Å². The summed E-state index contributed by atoms with van der Waals surface area (Å²) in [5.41, 5.74) is 0.527.